The Balaban J connectivity index is 2.04. The molecule has 0 aliphatic rings. The number of benzene rings is 2. The predicted octanol–water partition coefficient (Wildman–Crippen LogP) is 6.16. The molecule has 2 rings (SSSR count). The number of carbonyl (C=O) groups excluding carboxylic acids is 1. The average molecular weight is 375 g/mol. The van der Waals surface area contributed by atoms with Crippen LogP contribution in [0.3, 0.4) is 0 Å². The van der Waals surface area contributed by atoms with Crippen LogP contribution in [0, 0.1) is 0 Å². The lowest BCUT2D eigenvalue weighted by Crippen LogP contribution is -2.24. The summed E-state index contributed by atoms with van der Waals surface area (Å²) in [5.41, 5.74) is 0.634. The van der Waals surface area contributed by atoms with Gasteiger partial charge in [0.05, 0.1) is 15.3 Å². The number of halogens is 3. The first-order valence-electron chi connectivity index (χ1n) is 6.67. The molecule has 0 aromatic heterocycles. The zero-order valence-electron chi connectivity index (χ0n) is 11.8. The van der Waals surface area contributed by atoms with Gasteiger partial charge in [0.1, 0.15) is 0 Å². The van der Waals surface area contributed by atoms with Crippen LogP contribution in [0.4, 0.5) is 5.69 Å². The van der Waals surface area contributed by atoms with Crippen LogP contribution >= 0.6 is 46.6 Å². The normalized spacial score (nSPS) is 12.0. The summed E-state index contributed by atoms with van der Waals surface area (Å²) in [4.78, 5) is 13.4. The van der Waals surface area contributed by atoms with Gasteiger partial charge in [0.15, 0.2) is 0 Å². The lowest BCUT2D eigenvalue weighted by molar-refractivity contribution is -0.115. The maximum absolute atomic E-state index is 12.4. The molecule has 1 N–H and O–H groups in total. The number of hydrogen-bond donors (Lipinski definition) is 1. The van der Waals surface area contributed by atoms with Crippen LogP contribution in [0.1, 0.15) is 13.3 Å². The van der Waals surface area contributed by atoms with Crippen molar-refractivity contribution >= 4 is 58.2 Å². The molecule has 0 aliphatic carbocycles. The fourth-order valence-electron chi connectivity index (χ4n) is 1.80. The lowest BCUT2D eigenvalue weighted by Gasteiger charge is -2.15. The number of carbonyl (C=O) groups is 1. The Hall–Kier alpha value is -0.870. The smallest absolute Gasteiger partial charge is 0.237 e. The number of anilines is 1. The van der Waals surface area contributed by atoms with Gasteiger partial charge in [0, 0.05) is 15.6 Å². The van der Waals surface area contributed by atoms with Crippen LogP contribution in [0.5, 0.6) is 0 Å². The minimum atomic E-state index is -0.198. The Morgan fingerprint density at radius 3 is 2.36 bits per heavy atom. The maximum Gasteiger partial charge on any atom is 0.237 e. The van der Waals surface area contributed by atoms with Crippen molar-refractivity contribution in [1.82, 2.24) is 0 Å². The second kappa shape index (κ2) is 8.11. The topological polar surface area (TPSA) is 29.1 Å². The fourth-order valence-corrected chi connectivity index (χ4v) is 3.17. The number of rotatable bonds is 5. The summed E-state index contributed by atoms with van der Waals surface area (Å²) >= 11 is 19.2. The van der Waals surface area contributed by atoms with Gasteiger partial charge in [-0.2, -0.15) is 0 Å². The average Bonchev–Trinajstić information content (AvgIpc) is 2.50. The fraction of sp³-hybridized carbons (Fsp3) is 0.188. The van der Waals surface area contributed by atoms with Crippen LogP contribution in [-0.2, 0) is 4.79 Å². The number of thioether (sulfide) groups is 1. The highest BCUT2D eigenvalue weighted by molar-refractivity contribution is 8.00. The minimum Gasteiger partial charge on any atom is -0.325 e. The van der Waals surface area contributed by atoms with Crippen LogP contribution in [0.15, 0.2) is 47.4 Å². The third-order valence-corrected chi connectivity index (χ3v) is 5.31. The van der Waals surface area contributed by atoms with Gasteiger partial charge in [0.25, 0.3) is 0 Å². The Labute approximate surface area is 149 Å². The molecule has 0 spiro atoms. The summed E-state index contributed by atoms with van der Waals surface area (Å²) in [5, 5.41) is 4.22. The molecule has 2 nitrogen and oxygen atoms in total. The van der Waals surface area contributed by atoms with Crippen LogP contribution in [-0.4, -0.2) is 11.2 Å². The highest BCUT2D eigenvalue weighted by atomic mass is 35.5. The Bertz CT molecular complexity index is 661. The molecular weight excluding hydrogens is 361 g/mol. The van der Waals surface area contributed by atoms with E-state index in [1.54, 1.807) is 18.2 Å². The zero-order valence-corrected chi connectivity index (χ0v) is 14.9. The summed E-state index contributed by atoms with van der Waals surface area (Å²) < 4.78 is 0. The molecule has 1 atom stereocenters. The Morgan fingerprint density at radius 1 is 1.09 bits per heavy atom. The highest BCUT2D eigenvalue weighted by Gasteiger charge is 2.18. The molecule has 22 heavy (non-hydrogen) atoms. The van der Waals surface area contributed by atoms with Gasteiger partial charge < -0.3 is 5.32 Å². The van der Waals surface area contributed by atoms with Crippen LogP contribution in [0.2, 0.25) is 15.1 Å². The van der Waals surface area contributed by atoms with Crippen molar-refractivity contribution in [3.8, 4) is 0 Å². The molecule has 1 amide bonds. The molecule has 0 saturated heterocycles. The van der Waals surface area contributed by atoms with Crippen molar-refractivity contribution < 1.29 is 4.79 Å². The molecule has 0 unspecified atom stereocenters. The second-order valence-corrected chi connectivity index (χ2v) is 7.11. The Kier molecular flexibility index (Phi) is 6.45. The summed E-state index contributed by atoms with van der Waals surface area (Å²) in [6.45, 7) is 1.97. The van der Waals surface area contributed by atoms with Gasteiger partial charge in [-0.1, -0.05) is 41.7 Å². The largest absolute Gasteiger partial charge is 0.325 e. The van der Waals surface area contributed by atoms with Crippen molar-refractivity contribution in [3.63, 3.8) is 0 Å². The van der Waals surface area contributed by atoms with E-state index in [0.29, 0.717) is 27.2 Å². The van der Waals surface area contributed by atoms with E-state index in [9.17, 15) is 4.79 Å². The van der Waals surface area contributed by atoms with Crippen molar-refractivity contribution in [2.24, 2.45) is 0 Å². The summed E-state index contributed by atoms with van der Waals surface area (Å²) in [6, 6.07) is 12.5. The van der Waals surface area contributed by atoms with E-state index < -0.39 is 0 Å². The van der Waals surface area contributed by atoms with Gasteiger partial charge in [-0.15, -0.1) is 11.8 Å². The molecular formula is C16H14Cl3NOS. The molecule has 0 radical (unpaired) electrons. The minimum absolute atomic E-state index is 0.0687. The number of nitrogens with one attached hydrogen (secondary N) is 1. The lowest BCUT2D eigenvalue weighted by atomic mass is 10.2. The van der Waals surface area contributed by atoms with Gasteiger partial charge >= 0.3 is 0 Å². The van der Waals surface area contributed by atoms with Crippen molar-refractivity contribution in [3.05, 3.63) is 57.5 Å². The van der Waals surface area contributed by atoms with Crippen LogP contribution < -0.4 is 5.32 Å². The highest BCUT2D eigenvalue weighted by Crippen LogP contribution is 2.29. The van der Waals surface area contributed by atoms with E-state index in [0.717, 1.165) is 4.90 Å². The van der Waals surface area contributed by atoms with E-state index in [4.69, 9.17) is 34.8 Å². The van der Waals surface area contributed by atoms with Gasteiger partial charge in [0.2, 0.25) is 5.91 Å². The Morgan fingerprint density at radius 2 is 1.77 bits per heavy atom. The standard InChI is InChI=1S/C16H14Cl3NOS/c1-2-15(22-12-6-3-10(17)4-7-12)16(21)20-11-5-8-13(18)14(19)9-11/h3-9,15H,2H2,1H3,(H,20,21)/t15-/m0/s1. The maximum atomic E-state index is 12.4. The second-order valence-electron chi connectivity index (χ2n) is 4.59. The molecule has 2 aromatic carbocycles. The first kappa shape index (κ1) is 17.5. The third kappa shape index (κ3) is 4.82. The molecule has 0 saturated carbocycles. The van der Waals surface area contributed by atoms with E-state index in [-0.39, 0.29) is 11.2 Å². The van der Waals surface area contributed by atoms with Crippen LogP contribution in [0.25, 0.3) is 0 Å². The first-order chi connectivity index (χ1) is 10.5. The molecule has 116 valence electrons. The zero-order chi connectivity index (χ0) is 16.1. The summed E-state index contributed by atoms with van der Waals surface area (Å²) in [7, 11) is 0. The van der Waals surface area contributed by atoms with Crippen molar-refractivity contribution in [2.75, 3.05) is 5.32 Å². The molecule has 0 bridgehead atoms. The number of hydrogen-bond acceptors (Lipinski definition) is 2. The molecule has 2 aromatic rings. The van der Waals surface area contributed by atoms with E-state index in [2.05, 4.69) is 5.32 Å². The van der Waals surface area contributed by atoms with Gasteiger partial charge in [-0.3, -0.25) is 4.79 Å². The quantitative estimate of drug-likeness (QED) is 0.635. The summed E-state index contributed by atoms with van der Waals surface area (Å²) in [5.74, 6) is -0.0687. The van der Waals surface area contributed by atoms with E-state index in [1.807, 2.05) is 31.2 Å². The molecule has 0 aliphatic heterocycles. The summed E-state index contributed by atoms with van der Waals surface area (Å²) in [6.07, 6.45) is 0.709. The van der Waals surface area contributed by atoms with Crippen molar-refractivity contribution in [1.29, 1.82) is 0 Å². The monoisotopic (exact) mass is 373 g/mol. The third-order valence-electron chi connectivity index (χ3n) is 2.94. The molecule has 6 heteroatoms. The SMILES string of the molecule is CC[C@H](Sc1ccc(Cl)cc1)C(=O)Nc1ccc(Cl)c(Cl)c1. The van der Waals surface area contributed by atoms with Crippen molar-refractivity contribution in [2.45, 2.75) is 23.5 Å². The van der Waals surface area contributed by atoms with E-state index >= 15 is 0 Å². The first-order valence-corrected chi connectivity index (χ1v) is 8.69. The van der Waals surface area contributed by atoms with Gasteiger partial charge in [-0.25, -0.2) is 0 Å². The van der Waals surface area contributed by atoms with Gasteiger partial charge in [-0.05, 0) is 48.9 Å². The van der Waals surface area contributed by atoms with E-state index in [1.165, 1.54) is 11.8 Å². The molecule has 0 heterocycles. The number of amides is 1. The predicted molar refractivity (Wildman–Crippen MR) is 96.5 cm³/mol. The molecule has 0 fully saturated rings.